The van der Waals surface area contributed by atoms with Crippen LogP contribution in [0, 0.1) is 6.92 Å². The van der Waals surface area contributed by atoms with Gasteiger partial charge in [0, 0.05) is 13.0 Å². The fourth-order valence-corrected chi connectivity index (χ4v) is 2.63. The van der Waals surface area contributed by atoms with Crippen LogP contribution in [0.1, 0.15) is 16.7 Å². The molecule has 0 saturated heterocycles. The fraction of sp³-hybridized carbons (Fsp3) is 0.300. The van der Waals surface area contributed by atoms with Gasteiger partial charge in [-0.2, -0.15) is 0 Å². The van der Waals surface area contributed by atoms with Gasteiger partial charge in [0.2, 0.25) is 0 Å². The van der Waals surface area contributed by atoms with Crippen molar-refractivity contribution in [3.63, 3.8) is 0 Å². The number of ether oxygens (including phenoxy) is 1. The lowest BCUT2D eigenvalue weighted by molar-refractivity contribution is -0.138. The molecule has 0 radical (unpaired) electrons. The highest BCUT2D eigenvalue weighted by molar-refractivity contribution is 6.32. The first-order valence-corrected chi connectivity index (χ1v) is 9.20. The molecule has 2 aromatic carbocycles. The van der Waals surface area contributed by atoms with Gasteiger partial charge >= 0.3 is 7.32 Å². The van der Waals surface area contributed by atoms with Gasteiger partial charge < -0.3 is 30.1 Å². The summed E-state index contributed by atoms with van der Waals surface area (Å²) in [6, 6.07) is 14.0. The highest BCUT2D eigenvalue weighted by atomic mass is 19.1. The summed E-state index contributed by atoms with van der Waals surface area (Å²) in [6.45, 7) is 1.90. The molecule has 0 fully saturated rings. The predicted molar refractivity (Wildman–Crippen MR) is 108 cm³/mol. The highest BCUT2D eigenvalue weighted by Gasteiger charge is 2.29. The van der Waals surface area contributed by atoms with Crippen molar-refractivity contribution in [1.29, 1.82) is 0 Å². The summed E-state index contributed by atoms with van der Waals surface area (Å²) in [6.07, 6.45) is -3.71. The fourth-order valence-electron chi connectivity index (χ4n) is 2.63. The van der Waals surface area contributed by atoms with Gasteiger partial charge in [0.1, 0.15) is 12.0 Å². The third-order valence-electron chi connectivity index (χ3n) is 4.19. The number of hydrogen-bond acceptors (Lipinski definition) is 6. The zero-order chi connectivity index (χ0) is 22.1. The van der Waals surface area contributed by atoms with E-state index < -0.39 is 31.5 Å². The number of benzene rings is 2. The summed E-state index contributed by atoms with van der Waals surface area (Å²) >= 11 is 0. The number of methoxy groups -OCH3 is 1. The Bertz CT molecular complexity index is 849. The smallest absolute Gasteiger partial charge is 0.497 e. The van der Waals surface area contributed by atoms with E-state index in [4.69, 9.17) is 19.4 Å². The molecule has 30 heavy (non-hydrogen) atoms. The number of aryl methyl sites for hydroxylation is 1. The molecule has 8 nitrogen and oxygen atoms in total. The van der Waals surface area contributed by atoms with Crippen LogP contribution in [0.5, 0.6) is 5.75 Å². The molecule has 0 bridgehead atoms. The quantitative estimate of drug-likeness (QED) is 0.256. The highest BCUT2D eigenvalue weighted by Crippen LogP contribution is 2.12. The molecular formula is C20H24BFN2O6. The maximum Gasteiger partial charge on any atom is 0.635 e. The Labute approximate surface area is 174 Å². The van der Waals surface area contributed by atoms with E-state index >= 15 is 0 Å². The SMILES string of the molecule is COc1cccc(CNC(=O)C(F)C(=O)N[C@@H](Cc2ccc(C)cc2)OB(O)O)c1. The average molecular weight is 418 g/mol. The van der Waals surface area contributed by atoms with Gasteiger partial charge in [-0.15, -0.1) is 0 Å². The zero-order valence-corrected chi connectivity index (χ0v) is 16.7. The van der Waals surface area contributed by atoms with E-state index in [1.807, 2.05) is 19.1 Å². The van der Waals surface area contributed by atoms with Crippen molar-refractivity contribution in [2.75, 3.05) is 7.11 Å². The van der Waals surface area contributed by atoms with E-state index in [0.29, 0.717) is 16.9 Å². The lowest BCUT2D eigenvalue weighted by Gasteiger charge is -2.20. The molecule has 0 spiro atoms. The van der Waals surface area contributed by atoms with E-state index in [9.17, 15) is 14.0 Å². The number of rotatable bonds is 10. The van der Waals surface area contributed by atoms with Crippen molar-refractivity contribution in [1.82, 2.24) is 10.6 Å². The molecule has 0 aliphatic rings. The largest absolute Gasteiger partial charge is 0.635 e. The topological polar surface area (TPSA) is 117 Å². The first kappa shape index (κ1) is 23.3. The predicted octanol–water partition coefficient (Wildman–Crippen LogP) is 0.629. The lowest BCUT2D eigenvalue weighted by Crippen LogP contribution is -2.49. The van der Waals surface area contributed by atoms with Crippen LogP contribution >= 0.6 is 0 Å². The van der Waals surface area contributed by atoms with Gasteiger partial charge in [-0.3, -0.25) is 9.59 Å². The number of alkyl halides is 1. The second-order valence-electron chi connectivity index (χ2n) is 6.58. The van der Waals surface area contributed by atoms with Crippen LogP contribution in [-0.4, -0.2) is 48.7 Å². The molecule has 10 heteroatoms. The normalized spacial score (nSPS) is 12.6. The summed E-state index contributed by atoms with van der Waals surface area (Å²) in [7, 11) is -0.682. The van der Waals surface area contributed by atoms with Crippen LogP contribution in [0.25, 0.3) is 0 Å². The van der Waals surface area contributed by atoms with Gasteiger partial charge in [-0.05, 0) is 30.2 Å². The maximum atomic E-state index is 14.3. The van der Waals surface area contributed by atoms with Crippen LogP contribution < -0.4 is 15.4 Å². The van der Waals surface area contributed by atoms with E-state index in [0.717, 1.165) is 5.56 Å². The summed E-state index contributed by atoms with van der Waals surface area (Å²) in [4.78, 5) is 24.1. The molecule has 4 N–H and O–H groups in total. The number of nitrogens with one attached hydrogen (secondary N) is 2. The molecule has 2 atom stereocenters. The van der Waals surface area contributed by atoms with Crippen molar-refractivity contribution >= 4 is 19.1 Å². The molecule has 0 heterocycles. The third-order valence-corrected chi connectivity index (χ3v) is 4.19. The summed E-state index contributed by atoms with van der Waals surface area (Å²) in [5, 5.41) is 22.6. The van der Waals surface area contributed by atoms with Crippen molar-refractivity contribution < 1.29 is 33.4 Å². The minimum Gasteiger partial charge on any atom is -0.497 e. The van der Waals surface area contributed by atoms with E-state index in [1.165, 1.54) is 7.11 Å². The number of amides is 2. The summed E-state index contributed by atoms with van der Waals surface area (Å²) in [5.74, 6) is -1.81. The Kier molecular flexibility index (Phi) is 8.78. The van der Waals surface area contributed by atoms with Crippen molar-refractivity contribution in [3.05, 3.63) is 65.2 Å². The molecule has 1 unspecified atom stereocenters. The number of halogens is 1. The van der Waals surface area contributed by atoms with Gasteiger partial charge in [0.25, 0.3) is 18.0 Å². The molecule has 2 amide bonds. The average Bonchev–Trinajstić information content (AvgIpc) is 2.72. The van der Waals surface area contributed by atoms with Crippen LogP contribution in [0.2, 0.25) is 0 Å². The van der Waals surface area contributed by atoms with Crippen LogP contribution in [-0.2, 0) is 27.2 Å². The Morgan fingerprint density at radius 3 is 2.43 bits per heavy atom. The molecule has 0 aliphatic heterocycles. The Balaban J connectivity index is 1.93. The van der Waals surface area contributed by atoms with E-state index in [1.54, 1.807) is 36.4 Å². The molecule has 0 aromatic heterocycles. The van der Waals surface area contributed by atoms with Crippen LogP contribution in [0.3, 0.4) is 0 Å². The number of hydrogen-bond donors (Lipinski definition) is 4. The van der Waals surface area contributed by atoms with Crippen molar-refractivity contribution in [2.45, 2.75) is 32.3 Å². The van der Waals surface area contributed by atoms with Gasteiger partial charge in [-0.25, -0.2) is 4.39 Å². The van der Waals surface area contributed by atoms with Crippen molar-refractivity contribution in [2.24, 2.45) is 0 Å². The first-order chi connectivity index (χ1) is 14.3. The summed E-state index contributed by atoms with van der Waals surface area (Å²) < 4.78 is 24.2. The standard InChI is InChI=1S/C20H24BFN2O6/c1-13-6-8-14(9-7-13)11-17(30-21(27)28)24-20(26)18(22)19(25)23-12-15-4-3-5-16(10-15)29-2/h3-10,17-18,27-28H,11-12H2,1-2H3,(H,23,25)(H,24,26)/t17-,18?/m1/s1. The van der Waals surface area contributed by atoms with Gasteiger partial charge in [0.05, 0.1) is 7.11 Å². The van der Waals surface area contributed by atoms with Gasteiger partial charge in [-0.1, -0.05) is 42.0 Å². The second-order valence-corrected chi connectivity index (χ2v) is 6.58. The molecular weight excluding hydrogens is 394 g/mol. The molecule has 2 rings (SSSR count). The Hall–Kier alpha value is -2.95. The Morgan fingerprint density at radius 1 is 1.10 bits per heavy atom. The minimum atomic E-state index is -2.50. The second kappa shape index (κ2) is 11.3. The van der Waals surface area contributed by atoms with E-state index in [2.05, 4.69) is 10.6 Å². The van der Waals surface area contributed by atoms with Crippen molar-refractivity contribution in [3.8, 4) is 5.75 Å². The molecule has 2 aromatic rings. The maximum absolute atomic E-state index is 14.3. The minimum absolute atomic E-state index is 0.00236. The summed E-state index contributed by atoms with van der Waals surface area (Å²) in [5.41, 5.74) is 2.39. The lowest BCUT2D eigenvalue weighted by atomic mass is 10.1. The first-order valence-electron chi connectivity index (χ1n) is 9.20. The van der Waals surface area contributed by atoms with Crippen LogP contribution in [0.4, 0.5) is 4.39 Å². The number of carbonyl (C=O) groups is 2. The van der Waals surface area contributed by atoms with Gasteiger partial charge in [0.15, 0.2) is 0 Å². The molecule has 0 aliphatic carbocycles. The zero-order valence-electron chi connectivity index (χ0n) is 16.7. The monoisotopic (exact) mass is 418 g/mol. The Morgan fingerprint density at radius 2 is 1.80 bits per heavy atom. The number of carbonyl (C=O) groups excluding carboxylic acids is 2. The van der Waals surface area contributed by atoms with E-state index in [-0.39, 0.29) is 13.0 Å². The molecule has 160 valence electrons. The third kappa shape index (κ3) is 7.47. The molecule has 0 saturated carbocycles. The van der Waals surface area contributed by atoms with Crippen LogP contribution in [0.15, 0.2) is 48.5 Å².